The molecule has 0 radical (unpaired) electrons. The summed E-state index contributed by atoms with van der Waals surface area (Å²) in [6, 6.07) is 14.0. The molecule has 0 saturated heterocycles. The summed E-state index contributed by atoms with van der Waals surface area (Å²) in [4.78, 5) is 14.4. The van der Waals surface area contributed by atoms with Crippen molar-refractivity contribution in [2.75, 3.05) is 12.0 Å². The lowest BCUT2D eigenvalue weighted by Crippen LogP contribution is -2.29. The van der Waals surface area contributed by atoms with Crippen LogP contribution in [0.4, 0.5) is 5.69 Å². The molecule has 1 aliphatic carbocycles. The molecule has 0 aromatic heterocycles. The monoisotopic (exact) mass is 360 g/mol. The highest BCUT2D eigenvalue weighted by molar-refractivity contribution is 5.95. The zero-order chi connectivity index (χ0) is 18.8. The topological polar surface area (TPSA) is 87.1 Å². The molecule has 2 aromatic rings. The van der Waals surface area contributed by atoms with Gasteiger partial charge < -0.3 is 10.1 Å². The second-order valence-corrected chi connectivity index (χ2v) is 6.91. The van der Waals surface area contributed by atoms with E-state index in [4.69, 9.17) is 10.3 Å². The van der Waals surface area contributed by atoms with E-state index in [1.807, 2.05) is 42.5 Å². The number of azide groups is 1. The Kier molecular flexibility index (Phi) is 4.57. The van der Waals surface area contributed by atoms with Gasteiger partial charge in [0.05, 0.1) is 6.04 Å². The Labute approximate surface area is 157 Å². The van der Waals surface area contributed by atoms with Crippen molar-refractivity contribution in [2.24, 2.45) is 11.0 Å². The SMILES string of the molecule is CC(=O)c1ccc2c(c1)C1C=CCC1C(c1ccc(OCN=[N+]=[N-])cc1)N2. The smallest absolute Gasteiger partial charge is 0.167 e. The minimum atomic E-state index is -0.0159. The zero-order valence-corrected chi connectivity index (χ0v) is 15.0. The Morgan fingerprint density at radius 1 is 1.30 bits per heavy atom. The predicted molar refractivity (Wildman–Crippen MR) is 104 cm³/mol. The number of carbonyl (C=O) groups is 1. The first-order valence-corrected chi connectivity index (χ1v) is 8.99. The lowest BCUT2D eigenvalue weighted by Gasteiger charge is -2.37. The lowest BCUT2D eigenvalue weighted by atomic mass is 9.76. The van der Waals surface area contributed by atoms with Crippen LogP contribution in [0, 0.1) is 5.92 Å². The first-order valence-electron chi connectivity index (χ1n) is 8.99. The van der Waals surface area contributed by atoms with Crippen LogP contribution < -0.4 is 10.1 Å². The Balaban J connectivity index is 1.61. The second-order valence-electron chi connectivity index (χ2n) is 6.91. The van der Waals surface area contributed by atoms with Crippen LogP contribution in [0.1, 0.15) is 46.8 Å². The molecule has 3 atom stereocenters. The van der Waals surface area contributed by atoms with Gasteiger partial charge in [-0.05, 0) is 66.3 Å². The maximum Gasteiger partial charge on any atom is 0.167 e. The summed E-state index contributed by atoms with van der Waals surface area (Å²) in [7, 11) is 0. The van der Waals surface area contributed by atoms with Gasteiger partial charge in [-0.25, -0.2) is 0 Å². The maximum atomic E-state index is 11.8. The Bertz CT molecular complexity index is 945. The van der Waals surface area contributed by atoms with Gasteiger partial charge in [0.25, 0.3) is 0 Å². The van der Waals surface area contributed by atoms with E-state index in [0.29, 0.717) is 17.6 Å². The molecule has 0 spiro atoms. The van der Waals surface area contributed by atoms with Gasteiger partial charge in [-0.3, -0.25) is 4.79 Å². The van der Waals surface area contributed by atoms with Crippen LogP contribution in [-0.4, -0.2) is 12.5 Å². The van der Waals surface area contributed by atoms with E-state index >= 15 is 0 Å². The third-order valence-electron chi connectivity index (χ3n) is 5.36. The Morgan fingerprint density at radius 2 is 2.11 bits per heavy atom. The summed E-state index contributed by atoms with van der Waals surface area (Å²) in [5.74, 6) is 1.49. The van der Waals surface area contributed by atoms with Crippen LogP contribution >= 0.6 is 0 Å². The van der Waals surface area contributed by atoms with Gasteiger partial charge in [-0.15, -0.1) is 0 Å². The summed E-state index contributed by atoms with van der Waals surface area (Å²) in [5.41, 5.74) is 12.5. The van der Waals surface area contributed by atoms with Crippen molar-refractivity contribution < 1.29 is 9.53 Å². The molecule has 1 N–H and O–H groups in total. The molecule has 6 heteroatoms. The summed E-state index contributed by atoms with van der Waals surface area (Å²) < 4.78 is 5.38. The summed E-state index contributed by atoms with van der Waals surface area (Å²) in [6.45, 7) is 1.59. The fraction of sp³-hybridized carbons (Fsp3) is 0.286. The summed E-state index contributed by atoms with van der Waals surface area (Å²) in [5, 5.41) is 7.04. The minimum absolute atomic E-state index is 0.0159. The van der Waals surface area contributed by atoms with Crippen molar-refractivity contribution in [1.82, 2.24) is 0 Å². The summed E-state index contributed by atoms with van der Waals surface area (Å²) in [6.07, 6.45) is 5.50. The van der Waals surface area contributed by atoms with E-state index in [-0.39, 0.29) is 18.6 Å². The van der Waals surface area contributed by atoms with Gasteiger partial charge in [-0.1, -0.05) is 29.4 Å². The number of hydrogen-bond acceptors (Lipinski definition) is 4. The number of nitrogens with zero attached hydrogens (tertiary/aromatic N) is 3. The molecule has 3 unspecified atom stereocenters. The predicted octanol–water partition coefficient (Wildman–Crippen LogP) is 5.36. The zero-order valence-electron chi connectivity index (χ0n) is 15.0. The Hall–Kier alpha value is -3.24. The van der Waals surface area contributed by atoms with E-state index in [9.17, 15) is 4.79 Å². The molecule has 1 heterocycles. The van der Waals surface area contributed by atoms with Crippen LogP contribution in [0.5, 0.6) is 5.75 Å². The van der Waals surface area contributed by atoms with Gasteiger partial charge in [0, 0.05) is 22.1 Å². The van der Waals surface area contributed by atoms with E-state index in [2.05, 4.69) is 27.5 Å². The van der Waals surface area contributed by atoms with Crippen molar-refractivity contribution >= 4 is 11.5 Å². The molecule has 2 aliphatic rings. The third kappa shape index (κ3) is 3.27. The van der Waals surface area contributed by atoms with Crippen LogP contribution in [0.15, 0.2) is 59.7 Å². The van der Waals surface area contributed by atoms with Gasteiger partial charge in [0.15, 0.2) is 12.5 Å². The number of fused-ring (bicyclic) bond motifs is 3. The number of allylic oxidation sites excluding steroid dienone is 2. The van der Waals surface area contributed by atoms with E-state index in [0.717, 1.165) is 17.7 Å². The van der Waals surface area contributed by atoms with Crippen LogP contribution in [0.2, 0.25) is 0 Å². The van der Waals surface area contributed by atoms with Crippen molar-refractivity contribution in [3.8, 4) is 5.75 Å². The van der Waals surface area contributed by atoms with E-state index in [1.165, 1.54) is 11.1 Å². The fourth-order valence-electron chi connectivity index (χ4n) is 4.04. The standard InChI is InChI=1S/C21H20N4O2/c1-13(26)15-7-10-20-19(11-15)17-3-2-4-18(17)21(24-20)14-5-8-16(9-6-14)27-12-23-25-22/h2-3,5-11,17-18,21,24H,4,12H2,1H3. The summed E-state index contributed by atoms with van der Waals surface area (Å²) >= 11 is 0. The van der Waals surface area contributed by atoms with Crippen molar-refractivity contribution in [3.05, 3.63) is 81.7 Å². The van der Waals surface area contributed by atoms with Gasteiger partial charge >= 0.3 is 0 Å². The number of benzene rings is 2. The molecule has 27 heavy (non-hydrogen) atoms. The molecule has 6 nitrogen and oxygen atoms in total. The van der Waals surface area contributed by atoms with Crippen LogP contribution in [0.3, 0.4) is 0 Å². The van der Waals surface area contributed by atoms with Crippen molar-refractivity contribution in [3.63, 3.8) is 0 Å². The lowest BCUT2D eigenvalue weighted by molar-refractivity contribution is 0.101. The molecule has 1 aliphatic heterocycles. The van der Waals surface area contributed by atoms with Gasteiger partial charge in [-0.2, -0.15) is 0 Å². The number of anilines is 1. The molecule has 0 bridgehead atoms. The molecule has 0 fully saturated rings. The molecule has 2 aromatic carbocycles. The number of nitrogens with one attached hydrogen (secondary N) is 1. The van der Waals surface area contributed by atoms with E-state index < -0.39 is 0 Å². The number of ether oxygens (including phenoxy) is 1. The molecular formula is C21H20N4O2. The average molecular weight is 360 g/mol. The van der Waals surface area contributed by atoms with Crippen LogP contribution in [0.25, 0.3) is 10.4 Å². The number of rotatable bonds is 5. The number of Topliss-reactive ketones (excluding diaryl/α,β-unsaturated/α-hetero) is 1. The second kappa shape index (κ2) is 7.17. The molecule has 4 rings (SSSR count). The first kappa shape index (κ1) is 17.2. The van der Waals surface area contributed by atoms with E-state index in [1.54, 1.807) is 6.92 Å². The van der Waals surface area contributed by atoms with Gasteiger partial charge in [0.1, 0.15) is 5.75 Å². The average Bonchev–Trinajstić information content (AvgIpc) is 3.18. The van der Waals surface area contributed by atoms with Crippen molar-refractivity contribution in [2.45, 2.75) is 25.3 Å². The number of ketones is 1. The fourth-order valence-corrected chi connectivity index (χ4v) is 4.04. The van der Waals surface area contributed by atoms with Crippen LogP contribution in [-0.2, 0) is 0 Å². The minimum Gasteiger partial charge on any atom is -0.488 e. The Morgan fingerprint density at radius 3 is 2.85 bits per heavy atom. The maximum absolute atomic E-state index is 11.8. The molecule has 136 valence electrons. The largest absolute Gasteiger partial charge is 0.488 e. The normalized spacial score (nSPS) is 22.2. The first-order chi connectivity index (χ1) is 13.2. The number of hydrogen-bond donors (Lipinski definition) is 1. The molecule has 0 amide bonds. The highest BCUT2D eigenvalue weighted by Crippen LogP contribution is 2.50. The highest BCUT2D eigenvalue weighted by Gasteiger charge is 2.38. The van der Waals surface area contributed by atoms with Crippen molar-refractivity contribution in [1.29, 1.82) is 0 Å². The third-order valence-corrected chi connectivity index (χ3v) is 5.36. The molecule has 0 saturated carbocycles. The highest BCUT2D eigenvalue weighted by atomic mass is 16.5. The molecular weight excluding hydrogens is 340 g/mol. The van der Waals surface area contributed by atoms with Gasteiger partial charge in [0.2, 0.25) is 0 Å². The number of carbonyl (C=O) groups excluding carboxylic acids is 1. The quantitative estimate of drug-likeness (QED) is 0.256.